The number of fused-ring (bicyclic) bond motifs is 2. The molecule has 0 aliphatic carbocycles. The zero-order valence-electron chi connectivity index (χ0n) is 11.7. The molecule has 0 radical (unpaired) electrons. The van der Waals surface area contributed by atoms with Crippen molar-refractivity contribution in [3.05, 3.63) is 59.8 Å². The largest absolute Gasteiger partial charge is 0.325 e. The Balaban J connectivity index is 1.77. The molecule has 1 amide bonds. The molecule has 1 aliphatic rings. The van der Waals surface area contributed by atoms with Crippen LogP contribution in [-0.2, 0) is 16.6 Å². The zero-order valence-corrected chi connectivity index (χ0v) is 11.7. The molecule has 1 unspecified atom stereocenters. The van der Waals surface area contributed by atoms with Gasteiger partial charge in [0.15, 0.2) is 0 Å². The zero-order chi connectivity index (χ0) is 14.4. The summed E-state index contributed by atoms with van der Waals surface area (Å²) in [6, 6.07) is 14.1. The lowest BCUT2D eigenvalue weighted by atomic mass is 9.78. The van der Waals surface area contributed by atoms with Crippen molar-refractivity contribution in [2.45, 2.75) is 18.8 Å². The van der Waals surface area contributed by atoms with Gasteiger partial charge in [-0.05, 0) is 42.7 Å². The predicted molar refractivity (Wildman–Crippen MR) is 82.2 cm³/mol. The number of nitrogens with zero attached hydrogens (tertiary/aromatic N) is 1. The first-order chi connectivity index (χ1) is 10.2. The smallest absolute Gasteiger partial charge is 0.235 e. The first-order valence-corrected chi connectivity index (χ1v) is 7.00. The maximum Gasteiger partial charge on any atom is 0.235 e. The van der Waals surface area contributed by atoms with Gasteiger partial charge in [0, 0.05) is 11.1 Å². The molecule has 1 aromatic heterocycles. The number of benzene rings is 2. The molecule has 2 N–H and O–H groups in total. The third-order valence-corrected chi connectivity index (χ3v) is 4.33. The lowest BCUT2D eigenvalue weighted by molar-refractivity contribution is -0.120. The van der Waals surface area contributed by atoms with E-state index in [2.05, 4.69) is 27.6 Å². The number of nitrogens with one attached hydrogen (secondary N) is 2. The average Bonchev–Trinajstić information content (AvgIpc) is 3.03. The highest BCUT2D eigenvalue weighted by Gasteiger charge is 2.42. The van der Waals surface area contributed by atoms with Crippen LogP contribution in [0.15, 0.2) is 48.7 Å². The van der Waals surface area contributed by atoms with Crippen LogP contribution in [0.1, 0.15) is 18.1 Å². The van der Waals surface area contributed by atoms with Crippen LogP contribution in [0.4, 0.5) is 5.69 Å². The molecule has 0 saturated carbocycles. The van der Waals surface area contributed by atoms with Gasteiger partial charge in [-0.25, -0.2) is 0 Å². The first-order valence-electron chi connectivity index (χ1n) is 7.00. The van der Waals surface area contributed by atoms with E-state index in [-0.39, 0.29) is 5.91 Å². The molecule has 3 aromatic rings. The minimum Gasteiger partial charge on any atom is -0.325 e. The summed E-state index contributed by atoms with van der Waals surface area (Å²) in [5, 5.41) is 11.0. The van der Waals surface area contributed by atoms with Crippen LogP contribution in [0.2, 0.25) is 0 Å². The number of aromatic amines is 1. The van der Waals surface area contributed by atoms with E-state index in [4.69, 9.17) is 0 Å². The SMILES string of the molecule is CC1(Cc2ccc3[nH]ncc3c2)C(=O)Nc2ccccc21. The predicted octanol–water partition coefficient (Wildman–Crippen LogP) is 3.02. The van der Waals surface area contributed by atoms with Gasteiger partial charge in [-0.2, -0.15) is 5.10 Å². The topological polar surface area (TPSA) is 57.8 Å². The van der Waals surface area contributed by atoms with Gasteiger partial charge in [-0.15, -0.1) is 0 Å². The van der Waals surface area contributed by atoms with E-state index >= 15 is 0 Å². The van der Waals surface area contributed by atoms with E-state index in [1.165, 1.54) is 0 Å². The summed E-state index contributed by atoms with van der Waals surface area (Å²) in [4.78, 5) is 12.4. The molecule has 0 bridgehead atoms. The molecule has 4 heteroatoms. The van der Waals surface area contributed by atoms with Gasteiger partial charge in [0.25, 0.3) is 0 Å². The van der Waals surface area contributed by atoms with Gasteiger partial charge < -0.3 is 5.32 Å². The van der Waals surface area contributed by atoms with Gasteiger partial charge in [0.1, 0.15) is 0 Å². The minimum atomic E-state index is -0.520. The number of amides is 1. The minimum absolute atomic E-state index is 0.0657. The third kappa shape index (κ3) is 1.76. The molecule has 0 spiro atoms. The van der Waals surface area contributed by atoms with Crippen molar-refractivity contribution in [1.29, 1.82) is 0 Å². The Labute approximate surface area is 122 Å². The fourth-order valence-electron chi connectivity index (χ4n) is 3.14. The summed E-state index contributed by atoms with van der Waals surface area (Å²) in [5.41, 5.74) is 3.63. The van der Waals surface area contributed by atoms with Crippen molar-refractivity contribution < 1.29 is 4.79 Å². The fraction of sp³-hybridized carbons (Fsp3) is 0.176. The maximum atomic E-state index is 12.4. The maximum absolute atomic E-state index is 12.4. The van der Waals surface area contributed by atoms with Crippen LogP contribution in [0.5, 0.6) is 0 Å². The van der Waals surface area contributed by atoms with Gasteiger partial charge in [0.2, 0.25) is 5.91 Å². The number of anilines is 1. The summed E-state index contributed by atoms with van der Waals surface area (Å²) < 4.78 is 0. The molecule has 0 saturated heterocycles. The van der Waals surface area contributed by atoms with Crippen molar-refractivity contribution in [1.82, 2.24) is 10.2 Å². The molecular formula is C17H15N3O. The number of hydrogen-bond acceptors (Lipinski definition) is 2. The van der Waals surface area contributed by atoms with E-state index in [1.807, 2.05) is 43.5 Å². The van der Waals surface area contributed by atoms with Crippen LogP contribution < -0.4 is 5.32 Å². The Hall–Kier alpha value is -2.62. The van der Waals surface area contributed by atoms with Crippen LogP contribution in [0.3, 0.4) is 0 Å². The number of carbonyl (C=O) groups is 1. The first kappa shape index (κ1) is 12.1. The molecule has 2 aromatic carbocycles. The molecule has 104 valence electrons. The molecule has 0 fully saturated rings. The summed E-state index contributed by atoms with van der Waals surface area (Å²) >= 11 is 0. The number of carbonyl (C=O) groups excluding carboxylic acids is 1. The number of H-pyrrole nitrogens is 1. The van der Waals surface area contributed by atoms with Gasteiger partial charge in [-0.1, -0.05) is 24.3 Å². The molecule has 4 nitrogen and oxygen atoms in total. The van der Waals surface area contributed by atoms with Gasteiger partial charge in [-0.3, -0.25) is 9.89 Å². The summed E-state index contributed by atoms with van der Waals surface area (Å²) in [7, 11) is 0. The number of rotatable bonds is 2. The molecule has 21 heavy (non-hydrogen) atoms. The Bertz CT molecular complexity index is 852. The van der Waals surface area contributed by atoms with Crippen molar-refractivity contribution in [3.63, 3.8) is 0 Å². The van der Waals surface area contributed by atoms with Crippen LogP contribution in [-0.4, -0.2) is 16.1 Å². The lowest BCUT2D eigenvalue weighted by Crippen LogP contribution is -2.33. The second-order valence-corrected chi connectivity index (χ2v) is 5.80. The Morgan fingerprint density at radius 1 is 1.19 bits per heavy atom. The van der Waals surface area contributed by atoms with E-state index in [0.717, 1.165) is 27.7 Å². The van der Waals surface area contributed by atoms with E-state index < -0.39 is 5.41 Å². The Kier molecular flexibility index (Phi) is 2.42. The second-order valence-electron chi connectivity index (χ2n) is 5.80. The van der Waals surface area contributed by atoms with Crippen molar-refractivity contribution in [3.8, 4) is 0 Å². The fourth-order valence-corrected chi connectivity index (χ4v) is 3.14. The van der Waals surface area contributed by atoms with Crippen LogP contribution in [0, 0.1) is 0 Å². The highest BCUT2D eigenvalue weighted by atomic mass is 16.2. The molecule has 1 atom stereocenters. The highest BCUT2D eigenvalue weighted by molar-refractivity contribution is 6.06. The number of hydrogen-bond donors (Lipinski definition) is 2. The Morgan fingerprint density at radius 2 is 2.05 bits per heavy atom. The van der Waals surface area contributed by atoms with E-state index in [0.29, 0.717) is 6.42 Å². The summed E-state index contributed by atoms with van der Waals surface area (Å²) in [5.74, 6) is 0.0657. The monoisotopic (exact) mass is 277 g/mol. The highest BCUT2D eigenvalue weighted by Crippen LogP contribution is 2.39. The average molecular weight is 277 g/mol. The Morgan fingerprint density at radius 3 is 2.95 bits per heavy atom. The number of para-hydroxylation sites is 1. The molecular weight excluding hydrogens is 262 g/mol. The van der Waals surface area contributed by atoms with Gasteiger partial charge >= 0.3 is 0 Å². The van der Waals surface area contributed by atoms with E-state index in [9.17, 15) is 4.79 Å². The quantitative estimate of drug-likeness (QED) is 0.756. The van der Waals surface area contributed by atoms with Crippen molar-refractivity contribution in [2.24, 2.45) is 0 Å². The van der Waals surface area contributed by atoms with Crippen LogP contribution in [0.25, 0.3) is 10.9 Å². The lowest BCUT2D eigenvalue weighted by Gasteiger charge is -2.22. The van der Waals surface area contributed by atoms with Crippen LogP contribution >= 0.6 is 0 Å². The normalized spacial score (nSPS) is 20.5. The molecule has 2 heterocycles. The standard InChI is InChI=1S/C17H15N3O/c1-17(13-4-2-3-5-15(13)19-16(17)21)9-11-6-7-14-12(8-11)10-18-20-14/h2-8,10H,9H2,1H3,(H,18,20)(H,19,21). The number of aromatic nitrogens is 2. The second kappa shape index (κ2) is 4.19. The van der Waals surface area contributed by atoms with Gasteiger partial charge in [0.05, 0.1) is 17.1 Å². The third-order valence-electron chi connectivity index (χ3n) is 4.33. The molecule has 4 rings (SSSR count). The van der Waals surface area contributed by atoms with E-state index in [1.54, 1.807) is 0 Å². The summed E-state index contributed by atoms with van der Waals surface area (Å²) in [6.45, 7) is 2.01. The summed E-state index contributed by atoms with van der Waals surface area (Å²) in [6.07, 6.45) is 2.49. The van der Waals surface area contributed by atoms with Crippen molar-refractivity contribution in [2.75, 3.05) is 5.32 Å². The molecule has 1 aliphatic heterocycles. The van der Waals surface area contributed by atoms with Crippen molar-refractivity contribution >= 4 is 22.5 Å².